The van der Waals surface area contributed by atoms with Crippen molar-refractivity contribution in [1.82, 2.24) is 25.5 Å². The van der Waals surface area contributed by atoms with Gasteiger partial charge < -0.3 is 41.3 Å². The van der Waals surface area contributed by atoms with Gasteiger partial charge in [-0.2, -0.15) is 0 Å². The molecule has 7 N–H and O–H groups in total. The monoisotopic (exact) mass is 851 g/mol. The summed E-state index contributed by atoms with van der Waals surface area (Å²) >= 11 is 1.57. The number of anilines is 4. The molecular weight excluding hydrogens is 791 g/mol. The number of pyridine rings is 1. The third kappa shape index (κ3) is 8.90. The summed E-state index contributed by atoms with van der Waals surface area (Å²) in [6.45, 7) is 13.9. The number of aryl methyl sites for hydroxylation is 1. The number of allylic oxidation sites excluding steroid dienone is 1. The van der Waals surface area contributed by atoms with E-state index in [9.17, 15) is 20.1 Å². The summed E-state index contributed by atoms with van der Waals surface area (Å²) in [5, 5.41) is 46.1. The molecule has 0 radical (unpaired) electrons. The van der Waals surface area contributed by atoms with Crippen LogP contribution in [0.25, 0.3) is 15.8 Å². The number of hydrogen-bond acceptors (Lipinski definition) is 14. The largest absolute Gasteiger partial charge is 0.476 e. The van der Waals surface area contributed by atoms with Crippen molar-refractivity contribution in [1.29, 1.82) is 0 Å². The van der Waals surface area contributed by atoms with Gasteiger partial charge in [-0.25, -0.2) is 14.8 Å². The van der Waals surface area contributed by atoms with Gasteiger partial charge in [0.05, 0.1) is 22.4 Å². The zero-order valence-corrected chi connectivity index (χ0v) is 36.9. The second kappa shape index (κ2) is 17.3. The van der Waals surface area contributed by atoms with Crippen molar-refractivity contribution in [2.45, 2.75) is 91.6 Å². The molecule has 5 aliphatic rings. The maximum atomic E-state index is 12.9. The van der Waals surface area contributed by atoms with Gasteiger partial charge in [0.25, 0.3) is 0 Å². The van der Waals surface area contributed by atoms with Gasteiger partial charge in [-0.1, -0.05) is 31.3 Å². The molecule has 4 fully saturated rings. The van der Waals surface area contributed by atoms with Crippen LogP contribution in [0.3, 0.4) is 0 Å². The summed E-state index contributed by atoms with van der Waals surface area (Å²) in [6.07, 6.45) is 9.61. The topological polar surface area (TPSA) is 204 Å². The molecule has 9 rings (SSSR count). The molecule has 4 heterocycles. The van der Waals surface area contributed by atoms with Crippen molar-refractivity contribution in [3.63, 3.8) is 0 Å². The smallest absolute Gasteiger partial charge is 0.355 e. The number of fused-ring (bicyclic) bond motifs is 3. The molecule has 5 unspecified atom stereocenters. The van der Waals surface area contributed by atoms with Crippen molar-refractivity contribution >= 4 is 61.4 Å². The first-order chi connectivity index (χ1) is 29.2. The van der Waals surface area contributed by atoms with Crippen LogP contribution >= 0.6 is 11.3 Å². The first-order valence-electron chi connectivity index (χ1n) is 21.8. The van der Waals surface area contributed by atoms with Crippen molar-refractivity contribution in [2.75, 3.05) is 56.2 Å². The molecule has 4 bridgehead atoms. The highest BCUT2D eigenvalue weighted by Crippen LogP contribution is 2.66. The molecule has 3 aromatic heterocycles. The van der Waals surface area contributed by atoms with Crippen LogP contribution in [0.15, 0.2) is 41.5 Å². The Morgan fingerprint density at radius 1 is 1.08 bits per heavy atom. The van der Waals surface area contributed by atoms with Gasteiger partial charge in [0, 0.05) is 79.5 Å². The van der Waals surface area contributed by atoms with Gasteiger partial charge in [-0.3, -0.25) is 4.99 Å². The summed E-state index contributed by atoms with van der Waals surface area (Å²) in [4.78, 5) is 29.5. The number of aliphatic hydroxyl groups is 2. The van der Waals surface area contributed by atoms with Crippen LogP contribution in [0.5, 0.6) is 0 Å². The third-order valence-corrected chi connectivity index (χ3v) is 14.7. The van der Waals surface area contributed by atoms with Crippen molar-refractivity contribution in [2.24, 2.45) is 39.3 Å². The Bertz CT molecular complexity index is 2350. The Morgan fingerprint density at radius 3 is 2.62 bits per heavy atom. The highest BCUT2D eigenvalue weighted by molar-refractivity contribution is 7.22. The first kappa shape index (κ1) is 43.1. The normalized spacial score (nSPS) is 26.3. The van der Waals surface area contributed by atoms with Gasteiger partial charge in [0.15, 0.2) is 22.5 Å². The molecule has 1 aromatic carbocycles. The van der Waals surface area contributed by atoms with Crippen LogP contribution in [-0.4, -0.2) is 98.8 Å². The molecule has 0 spiro atoms. The van der Waals surface area contributed by atoms with Gasteiger partial charge in [-0.05, 0) is 125 Å². The third-order valence-electron chi connectivity index (χ3n) is 13.7. The van der Waals surface area contributed by atoms with Gasteiger partial charge >= 0.3 is 5.97 Å². The molecule has 4 aromatic rings. The van der Waals surface area contributed by atoms with Crippen molar-refractivity contribution in [3.8, 4) is 0 Å². The lowest BCUT2D eigenvalue weighted by Crippen LogP contribution is -2.53. The SMILES string of the molecule is CC(=NCC1CC2(C)CC3(C)CC1CC(OCCNCC(CO)CO)(C2)C3)C(=CN)c1ccc(N2CCCc3c2nnc(Nc2nc4cc(C)ccc4s2)c3C)nc1C(=O)O. The zero-order chi connectivity index (χ0) is 43.1. The minimum absolute atomic E-state index is 0.0419. The van der Waals surface area contributed by atoms with E-state index in [1.54, 1.807) is 17.4 Å². The number of carboxylic acids is 1. The number of benzene rings is 1. The van der Waals surface area contributed by atoms with Crippen LogP contribution in [0, 0.1) is 42.4 Å². The fourth-order valence-corrected chi connectivity index (χ4v) is 12.4. The number of carboxylic acid groups (broad SMARTS) is 1. The van der Waals surface area contributed by atoms with E-state index in [1.165, 1.54) is 12.6 Å². The second-order valence-electron chi connectivity index (χ2n) is 19.0. The number of nitrogens with two attached hydrogens (primary N) is 1. The number of aliphatic imine (C=N–C) groups is 1. The maximum Gasteiger partial charge on any atom is 0.355 e. The Kier molecular flexibility index (Phi) is 12.2. The molecule has 326 valence electrons. The Hall–Kier alpha value is -4.54. The second-order valence-corrected chi connectivity index (χ2v) is 20.0. The van der Waals surface area contributed by atoms with E-state index in [4.69, 9.17) is 25.4 Å². The number of nitrogens with one attached hydrogen (secondary N) is 2. The number of aromatic carboxylic acids is 1. The minimum atomic E-state index is -1.14. The number of thiazole rings is 1. The van der Waals surface area contributed by atoms with Gasteiger partial charge in [0.1, 0.15) is 5.82 Å². The standard InChI is InChI=1S/C46H61N9O5S/c1-27-8-10-37-36(15-27)50-43(61-37)52-40-28(2)33-7-6-13-55(41(33)54-53-40)38-11-9-34(39(51-38)42(58)59)35(19-47)29(3)49-21-32-17-45(5)24-44(4)16-31(32)18-46(25-44,26-45)60-14-12-48-20-30(22-56)23-57/h8-11,15,19,30-32,48,56-57H,6-7,12-14,16-18,20-26,47H2,1-5H3,(H,58,59)(H,50,52,53). The highest BCUT2D eigenvalue weighted by Gasteiger charge is 2.60. The number of aliphatic hydroxyl groups excluding tert-OH is 2. The lowest BCUT2D eigenvalue weighted by atomic mass is 9.53. The maximum absolute atomic E-state index is 12.9. The summed E-state index contributed by atoms with van der Waals surface area (Å²) in [7, 11) is 0. The van der Waals surface area contributed by atoms with E-state index < -0.39 is 5.97 Å². The molecule has 0 amide bonds. The Balaban J connectivity index is 0.979. The molecule has 0 saturated heterocycles. The quantitative estimate of drug-likeness (QED) is 0.0499. The average Bonchev–Trinajstić information content (AvgIpc) is 3.56. The van der Waals surface area contributed by atoms with Crippen molar-refractivity contribution < 1.29 is 24.9 Å². The summed E-state index contributed by atoms with van der Waals surface area (Å²) < 4.78 is 7.91. The molecule has 15 heteroatoms. The van der Waals surface area contributed by atoms with E-state index in [1.807, 2.05) is 24.8 Å². The number of ether oxygens (including phenoxy) is 1. The van der Waals surface area contributed by atoms with Crippen molar-refractivity contribution in [3.05, 3.63) is 64.5 Å². The molecule has 61 heavy (non-hydrogen) atoms. The number of nitrogens with zero attached hydrogens (tertiary/aromatic N) is 6. The number of aromatic nitrogens is 4. The van der Waals surface area contributed by atoms with Gasteiger partial charge in [-0.15, -0.1) is 10.2 Å². The molecule has 14 nitrogen and oxygen atoms in total. The van der Waals surface area contributed by atoms with E-state index in [0.29, 0.717) is 78.9 Å². The number of hydrogen-bond donors (Lipinski definition) is 6. The van der Waals surface area contributed by atoms with E-state index in [2.05, 4.69) is 59.8 Å². The van der Waals surface area contributed by atoms with E-state index in [0.717, 1.165) is 77.0 Å². The minimum Gasteiger partial charge on any atom is -0.476 e. The average molecular weight is 852 g/mol. The molecule has 4 saturated carbocycles. The van der Waals surface area contributed by atoms with Crippen LogP contribution in [-0.2, 0) is 11.2 Å². The Labute approximate surface area is 362 Å². The predicted octanol–water partition coefficient (Wildman–Crippen LogP) is 6.96. The molecular formula is C46H61N9O5S. The van der Waals surface area contributed by atoms with Crippen LogP contribution in [0.1, 0.15) is 98.5 Å². The lowest BCUT2D eigenvalue weighted by Gasteiger charge is -2.56. The van der Waals surface area contributed by atoms with Gasteiger partial charge in [0.2, 0.25) is 0 Å². The number of rotatable bonds is 16. The van der Waals surface area contributed by atoms with E-state index in [-0.39, 0.29) is 41.3 Å². The predicted molar refractivity (Wildman–Crippen MR) is 241 cm³/mol. The summed E-state index contributed by atoms with van der Waals surface area (Å²) in [5.74, 6) is 1.33. The molecule has 4 aliphatic carbocycles. The number of carbonyl (C=O) groups is 1. The lowest BCUT2D eigenvalue weighted by molar-refractivity contribution is -0.163. The van der Waals surface area contributed by atoms with E-state index >= 15 is 0 Å². The molecule has 5 atom stereocenters. The fourth-order valence-electron chi connectivity index (χ4n) is 11.6. The Morgan fingerprint density at radius 2 is 1.87 bits per heavy atom. The van der Waals surface area contributed by atoms with Crippen LogP contribution in [0.4, 0.5) is 22.6 Å². The zero-order valence-electron chi connectivity index (χ0n) is 36.1. The summed E-state index contributed by atoms with van der Waals surface area (Å²) in [5.41, 5.74) is 12.1. The fraction of sp³-hybridized carbons (Fsp3) is 0.565. The van der Waals surface area contributed by atoms with Crippen LogP contribution < -0.4 is 21.3 Å². The first-order valence-corrected chi connectivity index (χ1v) is 22.6. The highest BCUT2D eigenvalue weighted by atomic mass is 32.1. The summed E-state index contributed by atoms with van der Waals surface area (Å²) in [6, 6.07) is 9.87. The molecule has 1 aliphatic heterocycles. The van der Waals surface area contributed by atoms with Crippen LogP contribution in [0.2, 0.25) is 0 Å².